The molecule has 10 heteroatoms. The van der Waals surface area contributed by atoms with E-state index in [1.54, 1.807) is 31.2 Å². The first-order valence-corrected chi connectivity index (χ1v) is 12.7. The van der Waals surface area contributed by atoms with E-state index in [1.807, 2.05) is 0 Å². The molecule has 8 nitrogen and oxygen atoms in total. The van der Waals surface area contributed by atoms with Crippen molar-refractivity contribution in [2.45, 2.75) is 39.7 Å². The van der Waals surface area contributed by atoms with Gasteiger partial charge in [-0.2, -0.15) is 4.98 Å². The number of aliphatic hydroxyl groups excluding tert-OH is 2. The summed E-state index contributed by atoms with van der Waals surface area (Å²) < 4.78 is 29.8. The Balaban J connectivity index is 1.84. The molecule has 0 fully saturated rings. The molecule has 2 heterocycles. The van der Waals surface area contributed by atoms with Crippen LogP contribution < -0.4 is 10.2 Å². The SMILES string of the molecule is CCN(CC)CCCNc1nc(-c2cccc(C(O)O)c2C)c2c(n1)N(c1c(F)cccc1F)C(O)C=C2. The second-order valence-corrected chi connectivity index (χ2v) is 9.05. The Hall–Kier alpha value is -3.44. The smallest absolute Gasteiger partial charge is 0.225 e. The second-order valence-electron chi connectivity index (χ2n) is 9.05. The number of nitrogens with one attached hydrogen (secondary N) is 1. The average molecular weight is 526 g/mol. The Morgan fingerprint density at radius 2 is 1.74 bits per heavy atom. The van der Waals surface area contributed by atoms with Crippen molar-refractivity contribution in [3.8, 4) is 11.3 Å². The molecule has 3 aromatic rings. The normalized spacial score (nSPS) is 14.9. The van der Waals surface area contributed by atoms with Crippen molar-refractivity contribution in [3.05, 3.63) is 70.8 Å². The molecule has 0 aliphatic carbocycles. The van der Waals surface area contributed by atoms with Crippen molar-refractivity contribution in [2.75, 3.05) is 36.4 Å². The van der Waals surface area contributed by atoms with Crippen molar-refractivity contribution in [1.29, 1.82) is 0 Å². The molecular weight excluding hydrogens is 492 g/mol. The number of hydrogen-bond donors (Lipinski definition) is 4. The second kappa shape index (κ2) is 12.0. The van der Waals surface area contributed by atoms with E-state index < -0.39 is 29.8 Å². The zero-order valence-corrected chi connectivity index (χ0v) is 21.7. The van der Waals surface area contributed by atoms with Gasteiger partial charge in [0.25, 0.3) is 0 Å². The largest absolute Gasteiger partial charge is 0.369 e. The number of hydrogen-bond acceptors (Lipinski definition) is 8. The number of aliphatic hydroxyl groups is 3. The van der Waals surface area contributed by atoms with Crippen LogP contribution in [0.2, 0.25) is 0 Å². The van der Waals surface area contributed by atoms with Crippen LogP contribution in [0, 0.1) is 18.6 Å². The van der Waals surface area contributed by atoms with Crippen LogP contribution in [0.3, 0.4) is 0 Å². The monoisotopic (exact) mass is 525 g/mol. The lowest BCUT2D eigenvalue weighted by atomic mass is 9.95. The fourth-order valence-electron chi connectivity index (χ4n) is 4.66. The summed E-state index contributed by atoms with van der Waals surface area (Å²) in [5.74, 6) is -1.35. The number of rotatable bonds is 10. The highest BCUT2D eigenvalue weighted by Gasteiger charge is 2.31. The molecule has 2 aromatic carbocycles. The van der Waals surface area contributed by atoms with Crippen LogP contribution >= 0.6 is 0 Å². The first kappa shape index (κ1) is 27.6. The van der Waals surface area contributed by atoms with Crippen molar-refractivity contribution in [2.24, 2.45) is 0 Å². The Morgan fingerprint density at radius 3 is 2.39 bits per heavy atom. The highest BCUT2D eigenvalue weighted by Crippen LogP contribution is 2.41. The lowest BCUT2D eigenvalue weighted by Crippen LogP contribution is -2.34. The fourth-order valence-corrected chi connectivity index (χ4v) is 4.66. The van der Waals surface area contributed by atoms with E-state index in [0.717, 1.165) is 43.1 Å². The minimum Gasteiger partial charge on any atom is -0.369 e. The standard InChI is InChI=1S/C28H33F2N5O3/c1-4-34(5-2)16-8-15-31-28-32-24(18-9-6-10-19(17(18)3)27(37)38)20-13-14-23(36)35(26(20)33-28)25-21(29)11-7-12-22(25)30/h6-7,9-14,23,27,36-38H,4-5,8,15-16H2,1-3H3,(H,31,32,33). The third-order valence-electron chi connectivity index (χ3n) is 6.77. The molecule has 1 aliphatic heterocycles. The van der Waals surface area contributed by atoms with Crippen molar-refractivity contribution >= 4 is 23.5 Å². The van der Waals surface area contributed by atoms with E-state index in [2.05, 4.69) is 29.0 Å². The summed E-state index contributed by atoms with van der Waals surface area (Å²) in [5.41, 5.74) is 1.90. The summed E-state index contributed by atoms with van der Waals surface area (Å²) in [6, 6.07) is 8.55. The predicted molar refractivity (Wildman–Crippen MR) is 144 cm³/mol. The zero-order chi connectivity index (χ0) is 27.4. The van der Waals surface area contributed by atoms with Gasteiger partial charge in [-0.25, -0.2) is 13.8 Å². The van der Waals surface area contributed by atoms with Crippen LogP contribution in [-0.2, 0) is 0 Å². The van der Waals surface area contributed by atoms with Gasteiger partial charge in [0.05, 0.1) is 5.69 Å². The Bertz CT molecular complexity index is 1290. The number of halogens is 2. The highest BCUT2D eigenvalue weighted by molar-refractivity contribution is 5.86. The van der Waals surface area contributed by atoms with Gasteiger partial charge >= 0.3 is 0 Å². The van der Waals surface area contributed by atoms with Crippen LogP contribution in [0.15, 0.2) is 42.5 Å². The molecule has 1 aromatic heterocycles. The number of nitrogens with zero attached hydrogens (tertiary/aromatic N) is 4. The molecule has 0 spiro atoms. The summed E-state index contributed by atoms with van der Waals surface area (Å²) >= 11 is 0. The number of para-hydroxylation sites is 1. The van der Waals surface area contributed by atoms with Gasteiger partial charge in [0.15, 0.2) is 12.5 Å². The molecule has 0 amide bonds. The number of benzene rings is 2. The summed E-state index contributed by atoms with van der Waals surface area (Å²) in [6.45, 7) is 9.25. The van der Waals surface area contributed by atoms with Gasteiger partial charge in [0.2, 0.25) is 5.95 Å². The van der Waals surface area contributed by atoms with Gasteiger partial charge in [0.1, 0.15) is 23.1 Å². The van der Waals surface area contributed by atoms with Gasteiger partial charge in [-0.1, -0.05) is 38.1 Å². The first-order chi connectivity index (χ1) is 18.3. The molecule has 1 atom stereocenters. The van der Waals surface area contributed by atoms with Crippen LogP contribution in [0.4, 0.5) is 26.2 Å². The van der Waals surface area contributed by atoms with E-state index in [9.17, 15) is 24.1 Å². The minimum absolute atomic E-state index is 0.120. The lowest BCUT2D eigenvalue weighted by Gasteiger charge is -2.33. The molecule has 202 valence electrons. The first-order valence-electron chi connectivity index (χ1n) is 12.7. The predicted octanol–water partition coefficient (Wildman–Crippen LogP) is 4.34. The molecule has 4 N–H and O–H groups in total. The lowest BCUT2D eigenvalue weighted by molar-refractivity contribution is -0.0428. The maximum absolute atomic E-state index is 14.9. The molecule has 38 heavy (non-hydrogen) atoms. The number of fused-ring (bicyclic) bond motifs is 1. The molecule has 0 saturated carbocycles. The molecule has 1 unspecified atom stereocenters. The van der Waals surface area contributed by atoms with Gasteiger partial charge in [0, 0.05) is 23.2 Å². The summed E-state index contributed by atoms with van der Waals surface area (Å²) in [4.78, 5) is 12.7. The fraction of sp³-hybridized carbons (Fsp3) is 0.357. The molecule has 1 aliphatic rings. The maximum Gasteiger partial charge on any atom is 0.225 e. The third-order valence-corrected chi connectivity index (χ3v) is 6.77. The van der Waals surface area contributed by atoms with E-state index in [4.69, 9.17) is 4.98 Å². The van der Waals surface area contributed by atoms with Crippen LogP contribution in [0.25, 0.3) is 17.3 Å². The van der Waals surface area contributed by atoms with Gasteiger partial charge in [-0.15, -0.1) is 0 Å². The molecule has 0 saturated heterocycles. The molecule has 4 rings (SSSR count). The number of anilines is 3. The van der Waals surface area contributed by atoms with Gasteiger partial charge in [-0.05, 0) is 62.8 Å². The van der Waals surface area contributed by atoms with Crippen LogP contribution in [0.1, 0.15) is 43.2 Å². The van der Waals surface area contributed by atoms with Crippen molar-refractivity contribution in [1.82, 2.24) is 14.9 Å². The minimum atomic E-state index is -1.69. The molecule has 0 radical (unpaired) electrons. The van der Waals surface area contributed by atoms with E-state index in [1.165, 1.54) is 12.1 Å². The summed E-state index contributed by atoms with van der Waals surface area (Å²) in [7, 11) is 0. The van der Waals surface area contributed by atoms with Crippen LogP contribution in [0.5, 0.6) is 0 Å². The molecule has 0 bridgehead atoms. The van der Waals surface area contributed by atoms with Crippen LogP contribution in [-0.4, -0.2) is 62.6 Å². The topological polar surface area (TPSA) is 105 Å². The average Bonchev–Trinajstić information content (AvgIpc) is 2.89. The Labute approximate surface area is 220 Å². The Morgan fingerprint density at radius 1 is 1.05 bits per heavy atom. The van der Waals surface area contributed by atoms with E-state index in [-0.39, 0.29) is 11.8 Å². The maximum atomic E-state index is 14.9. The quantitative estimate of drug-likeness (QED) is 0.229. The van der Waals surface area contributed by atoms with Crippen molar-refractivity contribution in [3.63, 3.8) is 0 Å². The number of aromatic nitrogens is 2. The van der Waals surface area contributed by atoms with E-state index in [0.29, 0.717) is 34.5 Å². The Kier molecular flexibility index (Phi) is 8.68. The molecular formula is C28H33F2N5O3. The van der Waals surface area contributed by atoms with Crippen molar-refractivity contribution < 1.29 is 24.1 Å². The zero-order valence-electron chi connectivity index (χ0n) is 21.7. The third kappa shape index (κ3) is 5.53. The van der Waals surface area contributed by atoms with Gasteiger partial charge < -0.3 is 25.5 Å². The van der Waals surface area contributed by atoms with E-state index >= 15 is 0 Å². The summed E-state index contributed by atoms with van der Waals surface area (Å²) in [5, 5.41) is 33.7. The summed E-state index contributed by atoms with van der Waals surface area (Å²) in [6.07, 6.45) is 0.760. The van der Waals surface area contributed by atoms with Gasteiger partial charge in [-0.3, -0.25) is 4.90 Å². The highest BCUT2D eigenvalue weighted by atomic mass is 19.1.